The number of hydrogen-bond donors (Lipinski definition) is 3. The Morgan fingerprint density at radius 2 is 1.83 bits per heavy atom. The van der Waals surface area contributed by atoms with Crippen molar-refractivity contribution in [3.63, 3.8) is 0 Å². The summed E-state index contributed by atoms with van der Waals surface area (Å²) in [6.07, 6.45) is 0.267. The van der Waals surface area contributed by atoms with Crippen molar-refractivity contribution in [2.75, 3.05) is 24.3 Å². The largest absolute Gasteiger partial charge is 0.497 e. The highest BCUT2D eigenvalue weighted by molar-refractivity contribution is 5.89. The molecule has 4 aromatic rings. The van der Waals surface area contributed by atoms with Crippen LogP contribution in [0.15, 0.2) is 71.5 Å². The standard InChI is InChI=1S/C29H25F2N5O5/c1-41-21-8-5-17(6-9-21)15-32-28-34-25-11-12-35(29(40)33-19-7-10-23(30)24(31)14-19)16-22(25)26(37)36(28)20-4-2-3-18(13-20)27(38)39/h2-10,13-14H,11-12,15-16H2,1H3,(H,32,34)(H,33,40)(H,38,39). The average Bonchev–Trinajstić information content (AvgIpc) is 2.98. The molecule has 0 spiro atoms. The second kappa shape index (κ2) is 11.5. The third-order valence-corrected chi connectivity index (χ3v) is 6.65. The summed E-state index contributed by atoms with van der Waals surface area (Å²) in [4.78, 5) is 44.5. The zero-order valence-corrected chi connectivity index (χ0v) is 21.9. The molecule has 5 rings (SSSR count). The number of ether oxygens (including phenoxy) is 1. The number of hydrogen-bond acceptors (Lipinski definition) is 6. The molecule has 0 saturated carbocycles. The van der Waals surface area contributed by atoms with E-state index in [0.29, 0.717) is 18.0 Å². The van der Waals surface area contributed by atoms with Gasteiger partial charge in [0.25, 0.3) is 5.56 Å². The number of carbonyl (C=O) groups is 2. The molecule has 0 radical (unpaired) electrons. The van der Waals surface area contributed by atoms with Crippen molar-refractivity contribution in [2.45, 2.75) is 19.5 Å². The fourth-order valence-electron chi connectivity index (χ4n) is 4.49. The van der Waals surface area contributed by atoms with Crippen LogP contribution in [0.4, 0.5) is 25.2 Å². The van der Waals surface area contributed by atoms with Crippen LogP contribution >= 0.6 is 0 Å². The van der Waals surface area contributed by atoms with E-state index < -0.39 is 29.2 Å². The summed E-state index contributed by atoms with van der Waals surface area (Å²) >= 11 is 0. The van der Waals surface area contributed by atoms with Crippen LogP contribution in [0.25, 0.3) is 5.69 Å². The average molecular weight is 562 g/mol. The maximum atomic E-state index is 13.9. The number of nitrogens with one attached hydrogen (secondary N) is 2. The van der Waals surface area contributed by atoms with Crippen LogP contribution in [0.5, 0.6) is 5.75 Å². The van der Waals surface area contributed by atoms with Crippen molar-refractivity contribution in [2.24, 2.45) is 0 Å². The Hall–Kier alpha value is -5.26. The molecule has 3 N–H and O–H groups in total. The monoisotopic (exact) mass is 561 g/mol. The molecule has 1 aliphatic heterocycles. The van der Waals surface area contributed by atoms with Gasteiger partial charge < -0.3 is 25.4 Å². The first-order valence-corrected chi connectivity index (χ1v) is 12.6. The Labute approximate surface area is 232 Å². The molecule has 41 heavy (non-hydrogen) atoms. The molecule has 0 aliphatic carbocycles. The van der Waals surface area contributed by atoms with E-state index in [1.807, 2.05) is 12.1 Å². The Bertz CT molecular complexity index is 1690. The molecule has 0 saturated heterocycles. The zero-order chi connectivity index (χ0) is 29.1. The Balaban J connectivity index is 1.48. The number of benzene rings is 3. The number of fused-ring (bicyclic) bond motifs is 1. The van der Waals surface area contributed by atoms with Gasteiger partial charge in [0.15, 0.2) is 11.6 Å². The van der Waals surface area contributed by atoms with Gasteiger partial charge in [0.05, 0.1) is 36.2 Å². The number of carboxylic acid groups (broad SMARTS) is 1. The van der Waals surface area contributed by atoms with E-state index in [-0.39, 0.29) is 48.0 Å². The number of aromatic carboxylic acids is 1. The van der Waals surface area contributed by atoms with Crippen molar-refractivity contribution in [3.8, 4) is 11.4 Å². The summed E-state index contributed by atoms with van der Waals surface area (Å²) in [5.41, 5.74) is 1.51. The lowest BCUT2D eigenvalue weighted by molar-refractivity contribution is 0.0696. The molecule has 10 nitrogen and oxygen atoms in total. The highest BCUT2D eigenvalue weighted by Gasteiger charge is 2.27. The molecular formula is C29H25F2N5O5. The van der Waals surface area contributed by atoms with Gasteiger partial charge in [-0.2, -0.15) is 0 Å². The molecule has 1 aliphatic rings. The van der Waals surface area contributed by atoms with E-state index in [0.717, 1.165) is 17.7 Å². The van der Waals surface area contributed by atoms with Gasteiger partial charge in [-0.05, 0) is 48.0 Å². The molecule has 0 fully saturated rings. The van der Waals surface area contributed by atoms with Crippen LogP contribution in [0.2, 0.25) is 0 Å². The molecule has 2 amide bonds. The van der Waals surface area contributed by atoms with E-state index in [9.17, 15) is 28.3 Å². The Morgan fingerprint density at radius 3 is 2.54 bits per heavy atom. The topological polar surface area (TPSA) is 126 Å². The molecule has 2 heterocycles. The van der Waals surface area contributed by atoms with Crippen LogP contribution in [-0.2, 0) is 19.5 Å². The van der Waals surface area contributed by atoms with Crippen molar-refractivity contribution in [1.29, 1.82) is 0 Å². The minimum absolute atomic E-state index is 0.0132. The fraction of sp³-hybridized carbons (Fsp3) is 0.172. The minimum atomic E-state index is -1.15. The Kier molecular flexibility index (Phi) is 7.64. The number of halogens is 2. The van der Waals surface area contributed by atoms with Gasteiger partial charge in [-0.3, -0.25) is 4.79 Å². The quantitative estimate of drug-likeness (QED) is 0.305. The molecule has 210 valence electrons. The van der Waals surface area contributed by atoms with Crippen molar-refractivity contribution in [1.82, 2.24) is 14.5 Å². The first-order valence-electron chi connectivity index (χ1n) is 12.6. The van der Waals surface area contributed by atoms with E-state index in [1.54, 1.807) is 25.3 Å². The smallest absolute Gasteiger partial charge is 0.335 e. The summed E-state index contributed by atoms with van der Waals surface area (Å²) < 4.78 is 33.4. The zero-order valence-electron chi connectivity index (χ0n) is 21.9. The highest BCUT2D eigenvalue weighted by atomic mass is 19.2. The van der Waals surface area contributed by atoms with Crippen LogP contribution in [0, 0.1) is 11.6 Å². The number of aromatic nitrogens is 2. The maximum Gasteiger partial charge on any atom is 0.335 e. The number of nitrogens with zero attached hydrogens (tertiary/aromatic N) is 3. The van der Waals surface area contributed by atoms with Gasteiger partial charge in [-0.1, -0.05) is 18.2 Å². The van der Waals surface area contributed by atoms with Crippen molar-refractivity contribution >= 4 is 23.6 Å². The van der Waals surface area contributed by atoms with Gasteiger partial charge in [-0.25, -0.2) is 27.9 Å². The first kappa shape index (κ1) is 27.3. The van der Waals surface area contributed by atoms with Crippen molar-refractivity contribution < 1.29 is 28.2 Å². The van der Waals surface area contributed by atoms with E-state index >= 15 is 0 Å². The van der Waals surface area contributed by atoms with Crippen molar-refractivity contribution in [3.05, 3.63) is 111 Å². The summed E-state index contributed by atoms with van der Waals surface area (Å²) in [6, 6.07) is 15.7. The number of carbonyl (C=O) groups excluding carboxylic acids is 1. The number of urea groups is 1. The Morgan fingerprint density at radius 1 is 1.05 bits per heavy atom. The van der Waals surface area contributed by atoms with Gasteiger partial charge >= 0.3 is 12.0 Å². The number of rotatable bonds is 7. The summed E-state index contributed by atoms with van der Waals surface area (Å²) in [6.45, 7) is 0.454. The summed E-state index contributed by atoms with van der Waals surface area (Å²) in [5, 5.41) is 15.2. The minimum Gasteiger partial charge on any atom is -0.497 e. The molecule has 1 aromatic heterocycles. The highest BCUT2D eigenvalue weighted by Crippen LogP contribution is 2.22. The number of amides is 2. The molecule has 0 atom stereocenters. The normalized spacial score (nSPS) is 12.4. The van der Waals surface area contributed by atoms with Gasteiger partial charge in [-0.15, -0.1) is 0 Å². The predicted octanol–water partition coefficient (Wildman–Crippen LogP) is 4.42. The maximum absolute atomic E-state index is 13.9. The van der Waals surface area contributed by atoms with Crippen LogP contribution in [-0.4, -0.2) is 45.2 Å². The number of carboxylic acids is 1. The lowest BCUT2D eigenvalue weighted by Crippen LogP contribution is -2.43. The molecule has 3 aromatic carbocycles. The molecular weight excluding hydrogens is 536 g/mol. The van der Waals surface area contributed by atoms with E-state index in [1.165, 1.54) is 33.7 Å². The summed E-state index contributed by atoms with van der Waals surface area (Å²) in [5.74, 6) is -2.38. The molecule has 0 bridgehead atoms. The summed E-state index contributed by atoms with van der Waals surface area (Å²) in [7, 11) is 1.57. The van der Waals surface area contributed by atoms with Gasteiger partial charge in [0, 0.05) is 31.3 Å². The SMILES string of the molecule is COc1ccc(CNc2nc3c(c(=O)n2-c2cccc(C(=O)O)c2)CN(C(=O)Nc2ccc(F)c(F)c2)CC3)cc1. The third-order valence-electron chi connectivity index (χ3n) is 6.65. The molecule has 0 unspecified atom stereocenters. The van der Waals surface area contributed by atoms with Crippen LogP contribution in [0.1, 0.15) is 27.2 Å². The van der Waals surface area contributed by atoms with E-state index in [2.05, 4.69) is 10.6 Å². The first-order chi connectivity index (χ1) is 19.7. The second-order valence-corrected chi connectivity index (χ2v) is 9.29. The second-order valence-electron chi connectivity index (χ2n) is 9.29. The van der Waals surface area contributed by atoms with Gasteiger partial charge in [0.2, 0.25) is 5.95 Å². The van der Waals surface area contributed by atoms with Crippen LogP contribution in [0.3, 0.4) is 0 Å². The number of methoxy groups -OCH3 is 1. The number of anilines is 2. The predicted molar refractivity (Wildman–Crippen MR) is 147 cm³/mol. The fourth-order valence-corrected chi connectivity index (χ4v) is 4.49. The van der Waals surface area contributed by atoms with Crippen LogP contribution < -0.4 is 20.9 Å². The third kappa shape index (κ3) is 5.86. The van der Waals surface area contributed by atoms with E-state index in [4.69, 9.17) is 9.72 Å². The molecule has 12 heteroatoms. The lowest BCUT2D eigenvalue weighted by atomic mass is 10.1. The van der Waals surface area contributed by atoms with Gasteiger partial charge in [0.1, 0.15) is 5.75 Å². The lowest BCUT2D eigenvalue weighted by Gasteiger charge is -2.29.